The molecule has 1 saturated carbocycles. The van der Waals surface area contributed by atoms with Crippen molar-refractivity contribution in [1.29, 1.82) is 0 Å². The predicted octanol–water partition coefficient (Wildman–Crippen LogP) is 4.48. The van der Waals surface area contributed by atoms with Gasteiger partial charge in [-0.1, -0.05) is 30.8 Å². The minimum Gasteiger partial charge on any atom is -0.367 e. The van der Waals surface area contributed by atoms with Gasteiger partial charge in [0.25, 0.3) is 0 Å². The number of amides is 1. The van der Waals surface area contributed by atoms with E-state index in [0.717, 1.165) is 42.5 Å². The Balaban J connectivity index is 1.54. The fraction of sp³-hybridized carbons (Fsp3) is 0.571. The molecule has 2 heterocycles. The van der Waals surface area contributed by atoms with Crippen LogP contribution in [0.5, 0.6) is 0 Å². The van der Waals surface area contributed by atoms with Crippen LogP contribution in [0.4, 0.5) is 5.82 Å². The molecule has 2 atom stereocenters. The maximum atomic E-state index is 13.0. The van der Waals surface area contributed by atoms with Gasteiger partial charge >= 0.3 is 0 Å². The second-order valence-electron chi connectivity index (χ2n) is 7.64. The second kappa shape index (κ2) is 8.05. The molecule has 0 bridgehead atoms. The molecule has 1 N–H and O–H groups in total. The molecular weight excluding hydrogens is 356 g/mol. The number of rotatable bonds is 6. The Morgan fingerprint density at radius 1 is 1.26 bits per heavy atom. The van der Waals surface area contributed by atoms with Gasteiger partial charge in [0.1, 0.15) is 5.82 Å². The topological polar surface area (TPSA) is 58.1 Å². The first-order valence-corrected chi connectivity index (χ1v) is 11.0. The number of benzene rings is 1. The molecule has 4 rings (SSSR count). The van der Waals surface area contributed by atoms with E-state index in [0.29, 0.717) is 17.2 Å². The van der Waals surface area contributed by atoms with E-state index in [2.05, 4.69) is 23.2 Å². The molecule has 1 amide bonds. The summed E-state index contributed by atoms with van der Waals surface area (Å²) in [6.07, 6.45) is 6.90. The number of carbonyl (C=O) groups excluding carboxylic acids is 1. The summed E-state index contributed by atoms with van der Waals surface area (Å²) in [5.74, 6) is 1.12. The van der Waals surface area contributed by atoms with Crippen LogP contribution in [0.2, 0.25) is 0 Å². The van der Waals surface area contributed by atoms with Gasteiger partial charge in [0, 0.05) is 24.0 Å². The molecule has 1 aliphatic heterocycles. The number of para-hydroxylation sites is 1. The van der Waals surface area contributed by atoms with E-state index in [4.69, 9.17) is 9.97 Å². The number of hydrogen-bond donors (Lipinski definition) is 1. The third-order valence-electron chi connectivity index (χ3n) is 5.51. The first kappa shape index (κ1) is 18.5. The number of hydrogen-bond acceptors (Lipinski definition) is 5. The van der Waals surface area contributed by atoms with E-state index in [1.165, 1.54) is 31.0 Å². The zero-order valence-corrected chi connectivity index (χ0v) is 17.0. The van der Waals surface area contributed by atoms with Crippen LogP contribution >= 0.6 is 11.8 Å². The molecule has 6 heteroatoms. The molecule has 27 heavy (non-hydrogen) atoms. The van der Waals surface area contributed by atoms with Crippen molar-refractivity contribution in [1.82, 2.24) is 14.9 Å². The van der Waals surface area contributed by atoms with Crippen molar-refractivity contribution in [3.63, 3.8) is 0 Å². The number of likely N-dealkylation sites (tertiary alicyclic amines) is 1. The molecule has 2 aromatic rings. The van der Waals surface area contributed by atoms with Gasteiger partial charge in [-0.05, 0) is 57.6 Å². The van der Waals surface area contributed by atoms with E-state index in [-0.39, 0.29) is 11.2 Å². The van der Waals surface area contributed by atoms with Gasteiger partial charge in [0.05, 0.1) is 10.8 Å². The summed E-state index contributed by atoms with van der Waals surface area (Å²) in [7, 11) is 0. The number of nitrogens with one attached hydrogen (secondary N) is 1. The molecule has 0 spiro atoms. The van der Waals surface area contributed by atoms with Crippen molar-refractivity contribution >= 4 is 34.4 Å². The SMILES string of the molecule is CC[C@H]1CCCCN1C(=O)[C@H](C)Sc1nc(NC2CC2)c2ccccc2n1. The molecule has 1 aromatic carbocycles. The van der Waals surface area contributed by atoms with Gasteiger partial charge < -0.3 is 10.2 Å². The smallest absolute Gasteiger partial charge is 0.236 e. The average Bonchev–Trinajstić information content (AvgIpc) is 3.51. The van der Waals surface area contributed by atoms with Crippen LogP contribution in [0, 0.1) is 0 Å². The van der Waals surface area contributed by atoms with Crippen LogP contribution in [-0.2, 0) is 4.79 Å². The van der Waals surface area contributed by atoms with Gasteiger partial charge in [-0.2, -0.15) is 0 Å². The summed E-state index contributed by atoms with van der Waals surface area (Å²) in [6, 6.07) is 9.01. The van der Waals surface area contributed by atoms with Gasteiger partial charge in [-0.3, -0.25) is 4.79 Å². The highest BCUT2D eigenvalue weighted by molar-refractivity contribution is 8.00. The quantitative estimate of drug-likeness (QED) is 0.588. The zero-order chi connectivity index (χ0) is 18.8. The number of aromatic nitrogens is 2. The number of piperidine rings is 1. The first-order valence-electron chi connectivity index (χ1n) is 10.2. The first-order chi connectivity index (χ1) is 13.2. The van der Waals surface area contributed by atoms with E-state index < -0.39 is 0 Å². The average molecular weight is 385 g/mol. The van der Waals surface area contributed by atoms with E-state index >= 15 is 0 Å². The molecule has 1 saturated heterocycles. The van der Waals surface area contributed by atoms with Gasteiger partial charge in [-0.15, -0.1) is 0 Å². The maximum Gasteiger partial charge on any atom is 0.236 e. The molecule has 5 nitrogen and oxygen atoms in total. The maximum absolute atomic E-state index is 13.0. The Morgan fingerprint density at radius 2 is 2.07 bits per heavy atom. The highest BCUT2D eigenvalue weighted by Crippen LogP contribution is 2.32. The Hall–Kier alpha value is -1.82. The minimum absolute atomic E-state index is 0.174. The molecule has 1 aliphatic carbocycles. The fourth-order valence-corrected chi connectivity index (χ4v) is 4.64. The summed E-state index contributed by atoms with van der Waals surface area (Å²) in [5.41, 5.74) is 0.933. The zero-order valence-electron chi connectivity index (χ0n) is 16.1. The Kier molecular flexibility index (Phi) is 5.53. The van der Waals surface area contributed by atoms with Gasteiger partial charge in [0.15, 0.2) is 5.16 Å². The third kappa shape index (κ3) is 4.21. The molecule has 2 fully saturated rings. The van der Waals surface area contributed by atoms with Crippen molar-refractivity contribution in [2.24, 2.45) is 0 Å². The van der Waals surface area contributed by atoms with Gasteiger partial charge in [-0.25, -0.2) is 9.97 Å². The molecule has 2 aliphatic rings. The van der Waals surface area contributed by atoms with Gasteiger partial charge in [0.2, 0.25) is 5.91 Å². The largest absolute Gasteiger partial charge is 0.367 e. The Labute approximate surface area is 165 Å². The summed E-state index contributed by atoms with van der Waals surface area (Å²) in [4.78, 5) is 24.6. The standard InChI is InChI=1S/C21H28N4OS/c1-3-16-8-6-7-13-25(16)20(26)14(2)27-21-23-18-10-5-4-9-17(18)19(24-21)22-15-11-12-15/h4-5,9-10,14-16H,3,6-8,11-13H2,1-2H3,(H,22,23,24)/t14-,16-/m0/s1. The summed E-state index contributed by atoms with van der Waals surface area (Å²) < 4.78 is 0. The van der Waals surface area contributed by atoms with Crippen LogP contribution in [0.1, 0.15) is 52.4 Å². The molecule has 0 radical (unpaired) electrons. The molecule has 144 valence electrons. The van der Waals surface area contributed by atoms with Crippen LogP contribution in [-0.4, -0.2) is 44.7 Å². The van der Waals surface area contributed by atoms with Crippen molar-refractivity contribution in [3.8, 4) is 0 Å². The number of nitrogens with zero attached hydrogens (tertiary/aromatic N) is 3. The van der Waals surface area contributed by atoms with Crippen molar-refractivity contribution in [3.05, 3.63) is 24.3 Å². The molecule has 0 unspecified atom stereocenters. The van der Waals surface area contributed by atoms with E-state index in [9.17, 15) is 4.79 Å². The number of thioether (sulfide) groups is 1. The lowest BCUT2D eigenvalue weighted by Crippen LogP contribution is -2.46. The second-order valence-corrected chi connectivity index (χ2v) is 8.95. The lowest BCUT2D eigenvalue weighted by atomic mass is 10.00. The van der Waals surface area contributed by atoms with E-state index in [1.54, 1.807) is 0 Å². The van der Waals surface area contributed by atoms with Crippen molar-refractivity contribution < 1.29 is 4.79 Å². The van der Waals surface area contributed by atoms with Crippen LogP contribution in [0.25, 0.3) is 10.9 Å². The van der Waals surface area contributed by atoms with Crippen molar-refractivity contribution in [2.45, 2.75) is 74.9 Å². The third-order valence-corrected chi connectivity index (χ3v) is 6.46. The molecule has 1 aromatic heterocycles. The number of carbonyl (C=O) groups is 1. The van der Waals surface area contributed by atoms with E-state index in [1.807, 2.05) is 25.1 Å². The normalized spacial score (nSPS) is 21.3. The molecular formula is C21H28N4OS. The van der Waals surface area contributed by atoms with Crippen molar-refractivity contribution in [2.75, 3.05) is 11.9 Å². The van der Waals surface area contributed by atoms with Crippen LogP contribution in [0.3, 0.4) is 0 Å². The minimum atomic E-state index is -0.174. The summed E-state index contributed by atoms with van der Waals surface area (Å²) in [5, 5.41) is 5.08. The number of anilines is 1. The highest BCUT2D eigenvalue weighted by Gasteiger charge is 2.30. The van der Waals surface area contributed by atoms with Crippen LogP contribution in [0.15, 0.2) is 29.4 Å². The number of fused-ring (bicyclic) bond motifs is 1. The lowest BCUT2D eigenvalue weighted by Gasteiger charge is -2.36. The summed E-state index contributed by atoms with van der Waals surface area (Å²) >= 11 is 1.48. The predicted molar refractivity (Wildman–Crippen MR) is 111 cm³/mol. The Morgan fingerprint density at radius 3 is 2.85 bits per heavy atom. The van der Waals surface area contributed by atoms with Crippen LogP contribution < -0.4 is 5.32 Å². The lowest BCUT2D eigenvalue weighted by molar-refractivity contribution is -0.134. The Bertz CT molecular complexity index is 823. The summed E-state index contributed by atoms with van der Waals surface area (Å²) in [6.45, 7) is 5.05. The highest BCUT2D eigenvalue weighted by atomic mass is 32.2. The fourth-order valence-electron chi connectivity index (χ4n) is 3.80. The monoisotopic (exact) mass is 384 g/mol.